The van der Waals surface area contributed by atoms with Gasteiger partial charge in [-0.25, -0.2) is 4.98 Å². The van der Waals surface area contributed by atoms with Crippen molar-refractivity contribution in [2.24, 2.45) is 7.05 Å². The molecule has 2 rings (SSSR count). The summed E-state index contributed by atoms with van der Waals surface area (Å²) in [7, 11) is 2.03. The van der Waals surface area contributed by atoms with Crippen molar-refractivity contribution in [2.45, 2.75) is 52.5 Å². The van der Waals surface area contributed by atoms with E-state index in [-0.39, 0.29) is 17.9 Å². The second-order valence-corrected chi connectivity index (χ2v) is 6.14. The predicted octanol–water partition coefficient (Wildman–Crippen LogP) is 3.20. The molecule has 0 spiro atoms. The van der Waals surface area contributed by atoms with Crippen molar-refractivity contribution in [3.05, 3.63) is 41.4 Å². The molecule has 0 radical (unpaired) electrons. The van der Waals surface area contributed by atoms with Crippen molar-refractivity contribution < 1.29 is 9.21 Å². The second-order valence-electron chi connectivity index (χ2n) is 6.14. The van der Waals surface area contributed by atoms with Crippen LogP contribution in [-0.4, -0.2) is 21.5 Å². The van der Waals surface area contributed by atoms with Crippen LogP contribution in [0.5, 0.6) is 0 Å². The lowest BCUT2D eigenvalue weighted by Gasteiger charge is -2.13. The number of aromatic nitrogens is 2. The molecule has 5 heteroatoms. The molecule has 0 saturated heterocycles. The van der Waals surface area contributed by atoms with E-state index >= 15 is 0 Å². The van der Waals surface area contributed by atoms with Crippen LogP contribution in [-0.2, 0) is 13.5 Å². The van der Waals surface area contributed by atoms with Crippen molar-refractivity contribution in [3.8, 4) is 0 Å². The van der Waals surface area contributed by atoms with Crippen molar-refractivity contribution >= 4 is 5.91 Å². The largest absolute Gasteiger partial charge is 0.435 e. The fraction of sp³-hybridized carbons (Fsp3) is 0.529. The standard InChI is InChI=1S/C17H25N3O2/c1-11(2)17-19-13(4)15(22-17)16(21)18-12(3)8-9-14-7-6-10-20(14)5/h6-7,10-12H,8-9H2,1-5H3,(H,18,21). The van der Waals surface area contributed by atoms with Gasteiger partial charge < -0.3 is 14.3 Å². The highest BCUT2D eigenvalue weighted by Gasteiger charge is 2.20. The van der Waals surface area contributed by atoms with Gasteiger partial charge in [-0.05, 0) is 38.8 Å². The predicted molar refractivity (Wildman–Crippen MR) is 86.0 cm³/mol. The SMILES string of the molecule is Cc1nc(C(C)C)oc1C(=O)NC(C)CCc1cccn1C. The Kier molecular flexibility index (Phi) is 5.06. The number of carbonyl (C=O) groups is 1. The monoisotopic (exact) mass is 303 g/mol. The molecule has 0 bridgehead atoms. The van der Waals surface area contributed by atoms with E-state index < -0.39 is 0 Å². The third kappa shape index (κ3) is 3.78. The maximum atomic E-state index is 12.3. The normalized spacial score (nSPS) is 12.6. The van der Waals surface area contributed by atoms with Gasteiger partial charge in [-0.3, -0.25) is 4.79 Å². The van der Waals surface area contributed by atoms with Crippen molar-refractivity contribution in [1.29, 1.82) is 0 Å². The molecule has 5 nitrogen and oxygen atoms in total. The van der Waals surface area contributed by atoms with Gasteiger partial charge in [0.1, 0.15) is 0 Å². The molecule has 0 aliphatic carbocycles. The number of nitrogens with zero attached hydrogens (tertiary/aromatic N) is 2. The Morgan fingerprint density at radius 2 is 2.14 bits per heavy atom. The van der Waals surface area contributed by atoms with Crippen LogP contribution < -0.4 is 5.32 Å². The van der Waals surface area contributed by atoms with Crippen LogP contribution in [0.15, 0.2) is 22.7 Å². The summed E-state index contributed by atoms with van der Waals surface area (Å²) in [5.41, 5.74) is 1.91. The van der Waals surface area contributed by atoms with Crippen molar-refractivity contribution in [1.82, 2.24) is 14.9 Å². The van der Waals surface area contributed by atoms with Gasteiger partial charge in [-0.2, -0.15) is 0 Å². The Morgan fingerprint density at radius 1 is 1.41 bits per heavy atom. The fourth-order valence-electron chi connectivity index (χ4n) is 2.36. The van der Waals surface area contributed by atoms with E-state index in [0.717, 1.165) is 12.8 Å². The summed E-state index contributed by atoms with van der Waals surface area (Å²) in [6, 6.07) is 4.21. The van der Waals surface area contributed by atoms with Crippen LogP contribution in [0.1, 0.15) is 60.9 Å². The number of oxazole rings is 1. The van der Waals surface area contributed by atoms with E-state index in [0.29, 0.717) is 17.3 Å². The average Bonchev–Trinajstić information content (AvgIpc) is 3.02. The van der Waals surface area contributed by atoms with Gasteiger partial charge >= 0.3 is 0 Å². The number of amides is 1. The Bertz CT molecular complexity index is 640. The van der Waals surface area contributed by atoms with E-state index in [1.165, 1.54) is 5.69 Å². The smallest absolute Gasteiger partial charge is 0.289 e. The van der Waals surface area contributed by atoms with Gasteiger partial charge in [0.25, 0.3) is 5.91 Å². The van der Waals surface area contributed by atoms with Gasteiger partial charge in [0.15, 0.2) is 5.89 Å². The van der Waals surface area contributed by atoms with Gasteiger partial charge in [0.2, 0.25) is 5.76 Å². The zero-order valence-corrected chi connectivity index (χ0v) is 14.0. The number of aryl methyl sites for hydroxylation is 3. The van der Waals surface area contributed by atoms with Crippen molar-refractivity contribution in [3.63, 3.8) is 0 Å². The Hall–Kier alpha value is -2.04. The zero-order valence-electron chi connectivity index (χ0n) is 14.0. The van der Waals surface area contributed by atoms with Gasteiger partial charge in [0, 0.05) is 30.9 Å². The van der Waals surface area contributed by atoms with Crippen LogP contribution >= 0.6 is 0 Å². The van der Waals surface area contributed by atoms with Crippen LogP contribution in [0.2, 0.25) is 0 Å². The first-order chi connectivity index (χ1) is 10.4. The fourth-order valence-corrected chi connectivity index (χ4v) is 2.36. The lowest BCUT2D eigenvalue weighted by Crippen LogP contribution is -2.33. The van der Waals surface area contributed by atoms with Gasteiger partial charge in [-0.15, -0.1) is 0 Å². The second kappa shape index (κ2) is 6.81. The lowest BCUT2D eigenvalue weighted by molar-refractivity contribution is 0.0907. The Balaban J connectivity index is 1.92. The Morgan fingerprint density at radius 3 is 2.68 bits per heavy atom. The van der Waals surface area contributed by atoms with E-state index in [1.54, 1.807) is 6.92 Å². The highest BCUT2D eigenvalue weighted by atomic mass is 16.4. The molecule has 0 fully saturated rings. The molecule has 2 aromatic heterocycles. The maximum Gasteiger partial charge on any atom is 0.289 e. The molecule has 120 valence electrons. The van der Waals surface area contributed by atoms with Crippen LogP contribution in [0.25, 0.3) is 0 Å². The van der Waals surface area contributed by atoms with Gasteiger partial charge in [0.05, 0.1) is 5.69 Å². The molecular formula is C17H25N3O2. The molecular weight excluding hydrogens is 278 g/mol. The minimum atomic E-state index is -0.184. The number of rotatable bonds is 6. The summed E-state index contributed by atoms with van der Waals surface area (Å²) in [6.07, 6.45) is 3.84. The van der Waals surface area contributed by atoms with Crippen molar-refractivity contribution in [2.75, 3.05) is 0 Å². The molecule has 2 heterocycles. The minimum absolute atomic E-state index is 0.0781. The molecule has 1 N–H and O–H groups in total. The molecule has 2 aromatic rings. The van der Waals surface area contributed by atoms with E-state index in [1.807, 2.05) is 40.1 Å². The number of hydrogen-bond donors (Lipinski definition) is 1. The Labute approximate surface area is 131 Å². The third-order valence-corrected chi connectivity index (χ3v) is 3.78. The lowest BCUT2D eigenvalue weighted by atomic mass is 10.1. The topological polar surface area (TPSA) is 60.1 Å². The molecule has 0 aliphatic heterocycles. The maximum absolute atomic E-state index is 12.3. The van der Waals surface area contributed by atoms with E-state index in [9.17, 15) is 4.79 Å². The molecule has 1 unspecified atom stereocenters. The number of hydrogen-bond acceptors (Lipinski definition) is 3. The summed E-state index contributed by atoms with van der Waals surface area (Å²) in [5, 5.41) is 2.99. The summed E-state index contributed by atoms with van der Waals surface area (Å²) < 4.78 is 7.68. The summed E-state index contributed by atoms with van der Waals surface area (Å²) in [4.78, 5) is 16.6. The number of carbonyl (C=O) groups excluding carboxylic acids is 1. The van der Waals surface area contributed by atoms with Gasteiger partial charge in [-0.1, -0.05) is 13.8 Å². The molecule has 0 aromatic carbocycles. The quantitative estimate of drug-likeness (QED) is 0.891. The molecule has 22 heavy (non-hydrogen) atoms. The summed E-state index contributed by atoms with van der Waals surface area (Å²) in [5.74, 6) is 0.930. The molecule has 0 saturated carbocycles. The molecule has 1 atom stereocenters. The first kappa shape index (κ1) is 16.3. The van der Waals surface area contributed by atoms with Crippen LogP contribution in [0, 0.1) is 6.92 Å². The summed E-state index contributed by atoms with van der Waals surface area (Å²) >= 11 is 0. The van der Waals surface area contributed by atoms with E-state index in [2.05, 4.69) is 20.9 Å². The zero-order chi connectivity index (χ0) is 16.3. The van der Waals surface area contributed by atoms with E-state index in [4.69, 9.17) is 4.42 Å². The van der Waals surface area contributed by atoms with Crippen LogP contribution in [0.3, 0.4) is 0 Å². The summed E-state index contributed by atoms with van der Waals surface area (Å²) in [6.45, 7) is 7.81. The minimum Gasteiger partial charge on any atom is -0.435 e. The third-order valence-electron chi connectivity index (χ3n) is 3.78. The highest BCUT2D eigenvalue weighted by Crippen LogP contribution is 2.18. The first-order valence-electron chi connectivity index (χ1n) is 7.77. The van der Waals surface area contributed by atoms with Crippen LogP contribution in [0.4, 0.5) is 0 Å². The average molecular weight is 303 g/mol. The molecule has 1 amide bonds. The number of nitrogens with one attached hydrogen (secondary N) is 1. The highest BCUT2D eigenvalue weighted by molar-refractivity contribution is 5.92. The molecule has 0 aliphatic rings. The first-order valence-corrected chi connectivity index (χ1v) is 7.77.